The number of hydrogen-bond donors (Lipinski definition) is 1. The van der Waals surface area contributed by atoms with Crippen LogP contribution in [0, 0.1) is 5.92 Å². The van der Waals surface area contributed by atoms with E-state index in [1.54, 1.807) is 0 Å². The number of ketones is 1. The maximum Gasteiger partial charge on any atom is 0.192 e. The maximum absolute atomic E-state index is 12.6. The summed E-state index contributed by atoms with van der Waals surface area (Å²) >= 11 is 1.48. The first-order valence-electron chi connectivity index (χ1n) is 5.85. The molecule has 1 aromatic carbocycles. The van der Waals surface area contributed by atoms with Crippen LogP contribution in [-0.4, -0.2) is 11.5 Å². The van der Waals surface area contributed by atoms with Gasteiger partial charge in [0, 0.05) is 45.7 Å². The Morgan fingerprint density at radius 3 is 2.89 bits per heavy atom. The molecule has 1 aromatic rings. The van der Waals surface area contributed by atoms with E-state index in [1.165, 1.54) is 11.9 Å². The van der Waals surface area contributed by atoms with Crippen LogP contribution in [0.3, 0.4) is 0 Å². The number of benzene rings is 1. The van der Waals surface area contributed by atoms with Crippen LogP contribution in [0.25, 0.3) is 0 Å². The van der Waals surface area contributed by atoms with Crippen molar-refractivity contribution in [2.24, 2.45) is 16.0 Å². The van der Waals surface area contributed by atoms with Gasteiger partial charge in [0.15, 0.2) is 5.78 Å². The van der Waals surface area contributed by atoms with Crippen molar-refractivity contribution in [2.75, 3.05) is 0 Å². The van der Waals surface area contributed by atoms with Crippen LogP contribution >= 0.6 is 11.9 Å². The number of Topliss-reactive ketones (excluding diaryl/α,β-unsaturated/α-hetero) is 1. The van der Waals surface area contributed by atoms with Crippen molar-refractivity contribution in [1.29, 1.82) is 0 Å². The zero-order valence-electron chi connectivity index (χ0n) is 9.51. The summed E-state index contributed by atoms with van der Waals surface area (Å²) in [4.78, 5) is 13.7. The standard InChI is InChI=1S/C14H10N2OS/c15-9-5-6-10-12-11(9)14(17)8-4-2-1-3-7(8)13(12)16-18-10/h1-4,6,12H,5,15H2. The average Bonchev–Trinajstić information content (AvgIpc) is 2.82. The molecule has 3 nitrogen and oxygen atoms in total. The number of fused-ring (bicyclic) bond motifs is 2. The third-order valence-corrected chi connectivity index (χ3v) is 4.56. The van der Waals surface area contributed by atoms with E-state index in [0.717, 1.165) is 27.3 Å². The normalized spacial score (nSPS) is 24.4. The van der Waals surface area contributed by atoms with E-state index in [0.29, 0.717) is 12.1 Å². The van der Waals surface area contributed by atoms with Gasteiger partial charge in [-0.25, -0.2) is 4.40 Å². The van der Waals surface area contributed by atoms with Crippen molar-refractivity contribution in [2.45, 2.75) is 6.42 Å². The second kappa shape index (κ2) is 3.36. The molecule has 0 spiro atoms. The third-order valence-electron chi connectivity index (χ3n) is 3.66. The molecule has 0 amide bonds. The Bertz CT molecular complexity index is 685. The van der Waals surface area contributed by atoms with Crippen LogP contribution in [0.15, 0.2) is 50.9 Å². The van der Waals surface area contributed by atoms with Gasteiger partial charge in [-0.05, 0) is 0 Å². The third kappa shape index (κ3) is 1.11. The van der Waals surface area contributed by atoms with E-state index < -0.39 is 0 Å². The average molecular weight is 254 g/mol. The molecule has 18 heavy (non-hydrogen) atoms. The van der Waals surface area contributed by atoms with Crippen LogP contribution in [0.5, 0.6) is 0 Å². The van der Waals surface area contributed by atoms with Gasteiger partial charge in [0.2, 0.25) is 0 Å². The summed E-state index contributed by atoms with van der Waals surface area (Å²) in [5, 5.41) is 0. The fourth-order valence-electron chi connectivity index (χ4n) is 2.81. The Labute approximate surface area is 109 Å². The molecule has 4 rings (SSSR count). The van der Waals surface area contributed by atoms with Crippen molar-refractivity contribution < 1.29 is 4.79 Å². The number of carbonyl (C=O) groups is 1. The van der Waals surface area contributed by atoms with E-state index in [9.17, 15) is 4.79 Å². The summed E-state index contributed by atoms with van der Waals surface area (Å²) in [6.07, 6.45) is 2.75. The Kier molecular flexibility index (Phi) is 1.89. The van der Waals surface area contributed by atoms with Gasteiger partial charge in [0.05, 0.1) is 11.6 Å². The second-order valence-electron chi connectivity index (χ2n) is 4.63. The predicted octanol–water partition coefficient (Wildman–Crippen LogP) is 2.45. The molecular formula is C14H10N2OS. The highest BCUT2D eigenvalue weighted by molar-refractivity contribution is 8.02. The van der Waals surface area contributed by atoms with E-state index in [-0.39, 0.29) is 11.7 Å². The number of allylic oxidation sites excluding steroid dienone is 3. The molecule has 88 valence electrons. The van der Waals surface area contributed by atoms with Crippen molar-refractivity contribution in [3.63, 3.8) is 0 Å². The van der Waals surface area contributed by atoms with Gasteiger partial charge in [-0.1, -0.05) is 30.3 Å². The molecule has 1 atom stereocenters. The molecule has 2 aliphatic carbocycles. The summed E-state index contributed by atoms with van der Waals surface area (Å²) < 4.78 is 4.53. The molecule has 1 heterocycles. The van der Waals surface area contributed by atoms with Gasteiger partial charge in [0.25, 0.3) is 0 Å². The minimum atomic E-state index is -0.00819. The molecule has 0 saturated heterocycles. The number of nitrogens with two attached hydrogens (primary N) is 1. The van der Waals surface area contributed by atoms with Crippen LogP contribution in [0.1, 0.15) is 22.3 Å². The first kappa shape index (κ1) is 10.1. The van der Waals surface area contributed by atoms with Gasteiger partial charge in [-0.3, -0.25) is 4.79 Å². The molecule has 0 fully saturated rings. The molecule has 1 unspecified atom stereocenters. The predicted molar refractivity (Wildman–Crippen MR) is 72.3 cm³/mol. The molecular weight excluding hydrogens is 244 g/mol. The first-order valence-corrected chi connectivity index (χ1v) is 6.62. The smallest absolute Gasteiger partial charge is 0.192 e. The second-order valence-corrected chi connectivity index (χ2v) is 5.46. The number of rotatable bonds is 0. The number of nitrogens with zero attached hydrogens (tertiary/aromatic N) is 1. The van der Waals surface area contributed by atoms with Crippen LogP contribution in [0.2, 0.25) is 0 Å². The summed E-state index contributed by atoms with van der Waals surface area (Å²) in [6, 6.07) is 7.66. The Morgan fingerprint density at radius 2 is 2.06 bits per heavy atom. The monoisotopic (exact) mass is 254 g/mol. The highest BCUT2D eigenvalue weighted by atomic mass is 32.2. The summed E-state index contributed by atoms with van der Waals surface area (Å²) in [5.41, 5.74) is 10.2. The molecule has 0 radical (unpaired) electrons. The van der Waals surface area contributed by atoms with Gasteiger partial charge in [0.1, 0.15) is 0 Å². The van der Waals surface area contributed by atoms with E-state index in [2.05, 4.69) is 10.5 Å². The topological polar surface area (TPSA) is 55.5 Å². The van der Waals surface area contributed by atoms with Crippen LogP contribution in [-0.2, 0) is 0 Å². The summed E-state index contributed by atoms with van der Waals surface area (Å²) in [6.45, 7) is 0. The van der Waals surface area contributed by atoms with Crippen molar-refractivity contribution in [3.8, 4) is 0 Å². The van der Waals surface area contributed by atoms with E-state index in [1.807, 2.05) is 24.3 Å². The molecule has 0 aromatic heterocycles. The highest BCUT2D eigenvalue weighted by Crippen LogP contribution is 2.48. The SMILES string of the molecule is NC1=C2C(=O)c3ccccc3C3=NSC(=CC1)C32. The molecule has 3 aliphatic rings. The highest BCUT2D eigenvalue weighted by Gasteiger charge is 2.43. The molecule has 4 heteroatoms. The summed E-state index contributed by atoms with van der Waals surface area (Å²) in [5.74, 6) is 0.0614. The fourth-order valence-corrected chi connectivity index (χ4v) is 3.71. The van der Waals surface area contributed by atoms with Crippen molar-refractivity contribution in [1.82, 2.24) is 0 Å². The quantitative estimate of drug-likeness (QED) is 0.723. The van der Waals surface area contributed by atoms with Gasteiger partial charge in [-0.2, -0.15) is 0 Å². The maximum atomic E-state index is 12.6. The van der Waals surface area contributed by atoms with Crippen molar-refractivity contribution >= 4 is 23.4 Å². The summed E-state index contributed by atoms with van der Waals surface area (Å²) in [7, 11) is 0. The molecule has 0 saturated carbocycles. The van der Waals surface area contributed by atoms with Gasteiger partial charge in [-0.15, -0.1) is 0 Å². The van der Waals surface area contributed by atoms with Gasteiger partial charge < -0.3 is 5.73 Å². The van der Waals surface area contributed by atoms with Crippen molar-refractivity contribution in [3.05, 3.63) is 57.6 Å². The van der Waals surface area contributed by atoms with Crippen LogP contribution < -0.4 is 5.73 Å². The Hall–Kier alpha value is -1.81. The number of hydrogen-bond acceptors (Lipinski definition) is 4. The molecule has 1 aliphatic heterocycles. The molecule has 0 bridgehead atoms. The lowest BCUT2D eigenvalue weighted by Crippen LogP contribution is -2.32. The lowest BCUT2D eigenvalue weighted by Gasteiger charge is -2.28. The van der Waals surface area contributed by atoms with E-state index in [4.69, 9.17) is 5.73 Å². The lowest BCUT2D eigenvalue weighted by atomic mass is 9.74. The lowest BCUT2D eigenvalue weighted by molar-refractivity contribution is 0.102. The minimum Gasteiger partial charge on any atom is -0.401 e. The number of carbonyl (C=O) groups excluding carboxylic acids is 1. The van der Waals surface area contributed by atoms with Crippen LogP contribution in [0.4, 0.5) is 0 Å². The fraction of sp³-hybridized carbons (Fsp3) is 0.143. The largest absolute Gasteiger partial charge is 0.401 e. The minimum absolute atomic E-state index is 0.00819. The van der Waals surface area contributed by atoms with Gasteiger partial charge >= 0.3 is 0 Å². The van der Waals surface area contributed by atoms with E-state index >= 15 is 0 Å². The first-order chi connectivity index (χ1) is 8.77. The zero-order chi connectivity index (χ0) is 12.3. The molecule has 2 N–H and O–H groups in total. The Balaban J connectivity index is 2.06. The Morgan fingerprint density at radius 1 is 1.28 bits per heavy atom. The zero-order valence-corrected chi connectivity index (χ0v) is 10.3.